The quantitative estimate of drug-likeness (QED) is 0.244. The maximum atomic E-state index is 6.82. The standard InChI is InChI=1S/C34H58OSi/c1-24(2)25(3)14-15-27(5)31-20-21-32-28(13-12-22-34(31,32)9)17-18-29-23-30(19-16-26(29)4)35-36(10,11)33(6,7)8/h14-15,17-18,24-25,27,30-32H,4,12-13,16,19-23H2,1-3,5-11H3/b15-14+,28-17+,29-18-/t25?,27?,30?,31?,32?,34-/m1/s1. The molecule has 2 heteroatoms. The predicted molar refractivity (Wildman–Crippen MR) is 162 cm³/mol. The summed E-state index contributed by atoms with van der Waals surface area (Å²) < 4.78 is 6.82. The van der Waals surface area contributed by atoms with Gasteiger partial charge in [-0.05, 0) is 110 Å². The van der Waals surface area contributed by atoms with Gasteiger partial charge in [0, 0.05) is 6.10 Å². The fourth-order valence-corrected chi connectivity index (χ4v) is 8.31. The average molecular weight is 511 g/mol. The Balaban J connectivity index is 1.73. The summed E-state index contributed by atoms with van der Waals surface area (Å²) >= 11 is 0. The SMILES string of the molecule is C=C1CCC(O[Si](C)(C)C(C)(C)C)C/C1=C/C=C1\CCC[C@@]2(C)C1CCC2C(C)/C=C/C(C)C(C)C. The zero-order valence-electron chi connectivity index (χ0n) is 25.5. The topological polar surface area (TPSA) is 9.23 Å². The third kappa shape index (κ3) is 6.58. The molecule has 3 rings (SSSR count). The molecule has 0 N–H and O–H groups in total. The van der Waals surface area contributed by atoms with Gasteiger partial charge in [0.1, 0.15) is 0 Å². The maximum absolute atomic E-state index is 6.82. The van der Waals surface area contributed by atoms with Gasteiger partial charge >= 0.3 is 0 Å². The number of rotatable bonds is 7. The molecule has 0 aromatic carbocycles. The van der Waals surface area contributed by atoms with Crippen molar-refractivity contribution in [1.82, 2.24) is 0 Å². The minimum atomic E-state index is -1.74. The van der Waals surface area contributed by atoms with Crippen molar-refractivity contribution in [3.8, 4) is 0 Å². The molecule has 0 spiro atoms. The lowest BCUT2D eigenvalue weighted by Crippen LogP contribution is -2.44. The van der Waals surface area contributed by atoms with Crippen molar-refractivity contribution in [1.29, 1.82) is 0 Å². The first kappa shape index (κ1) is 29.7. The van der Waals surface area contributed by atoms with E-state index in [0.717, 1.165) is 37.0 Å². The van der Waals surface area contributed by atoms with Crippen molar-refractivity contribution in [3.05, 3.63) is 47.6 Å². The number of hydrogen-bond donors (Lipinski definition) is 0. The minimum absolute atomic E-state index is 0.262. The molecule has 204 valence electrons. The van der Waals surface area contributed by atoms with E-state index in [1.165, 1.54) is 43.3 Å². The van der Waals surface area contributed by atoms with Crippen LogP contribution in [-0.2, 0) is 4.43 Å². The van der Waals surface area contributed by atoms with Crippen molar-refractivity contribution in [2.45, 2.75) is 131 Å². The Bertz CT molecular complexity index is 866. The van der Waals surface area contributed by atoms with E-state index in [1.54, 1.807) is 5.57 Å². The minimum Gasteiger partial charge on any atom is -0.414 e. The largest absolute Gasteiger partial charge is 0.414 e. The Hall–Kier alpha value is -0.863. The van der Waals surface area contributed by atoms with E-state index in [0.29, 0.717) is 23.4 Å². The first-order valence-corrected chi connectivity index (χ1v) is 18.0. The maximum Gasteiger partial charge on any atom is 0.192 e. The lowest BCUT2D eigenvalue weighted by Gasteiger charge is -2.44. The fourth-order valence-electron chi connectivity index (χ4n) is 6.93. The van der Waals surface area contributed by atoms with E-state index in [2.05, 4.69) is 99.4 Å². The van der Waals surface area contributed by atoms with Crippen LogP contribution in [0.15, 0.2) is 47.6 Å². The van der Waals surface area contributed by atoms with Crippen LogP contribution in [0.1, 0.15) is 107 Å². The zero-order chi connectivity index (χ0) is 26.9. The molecule has 3 aliphatic rings. The van der Waals surface area contributed by atoms with E-state index in [4.69, 9.17) is 4.43 Å². The highest BCUT2D eigenvalue weighted by Gasteiger charge is 2.50. The average Bonchev–Trinajstić information content (AvgIpc) is 3.14. The molecule has 36 heavy (non-hydrogen) atoms. The normalized spacial score (nSPS) is 34.1. The summed E-state index contributed by atoms with van der Waals surface area (Å²) in [6.07, 6.45) is 20.4. The number of allylic oxidation sites excluding steroid dienone is 6. The van der Waals surface area contributed by atoms with E-state index >= 15 is 0 Å². The molecule has 1 nitrogen and oxygen atoms in total. The Kier molecular flexibility index (Phi) is 9.47. The van der Waals surface area contributed by atoms with Gasteiger partial charge in [-0.1, -0.05) is 97.4 Å². The van der Waals surface area contributed by atoms with Gasteiger partial charge in [-0.2, -0.15) is 0 Å². The van der Waals surface area contributed by atoms with E-state index in [9.17, 15) is 0 Å². The second-order valence-corrected chi connectivity index (χ2v) is 19.5. The second-order valence-electron chi connectivity index (χ2n) is 14.7. The van der Waals surface area contributed by atoms with Crippen LogP contribution in [0.25, 0.3) is 0 Å². The molecular weight excluding hydrogens is 452 g/mol. The molecule has 3 saturated carbocycles. The molecule has 0 saturated heterocycles. The Morgan fingerprint density at radius 3 is 2.33 bits per heavy atom. The molecule has 0 aromatic heterocycles. The lowest BCUT2D eigenvalue weighted by molar-refractivity contribution is 0.112. The third-order valence-electron chi connectivity index (χ3n) is 10.9. The molecule has 0 bridgehead atoms. The molecule has 0 aromatic rings. The fraction of sp³-hybridized carbons (Fsp3) is 0.765. The summed E-state index contributed by atoms with van der Waals surface area (Å²) in [5.74, 6) is 3.62. The van der Waals surface area contributed by atoms with Crippen LogP contribution in [0.5, 0.6) is 0 Å². The summed E-state index contributed by atoms with van der Waals surface area (Å²) in [5.41, 5.74) is 4.94. The Labute approximate surface area is 226 Å². The molecule has 6 atom stereocenters. The van der Waals surface area contributed by atoms with Crippen molar-refractivity contribution in [2.24, 2.45) is 35.0 Å². The number of hydrogen-bond acceptors (Lipinski definition) is 1. The molecular formula is C34H58OSi. The smallest absolute Gasteiger partial charge is 0.192 e. The molecule has 0 amide bonds. The van der Waals surface area contributed by atoms with Gasteiger partial charge < -0.3 is 4.43 Å². The van der Waals surface area contributed by atoms with Gasteiger partial charge in [0.15, 0.2) is 8.32 Å². The van der Waals surface area contributed by atoms with E-state index in [1.807, 2.05) is 0 Å². The molecule has 5 unspecified atom stereocenters. The van der Waals surface area contributed by atoms with Crippen LogP contribution in [0, 0.1) is 35.0 Å². The van der Waals surface area contributed by atoms with Crippen molar-refractivity contribution in [3.63, 3.8) is 0 Å². The van der Waals surface area contributed by atoms with Crippen molar-refractivity contribution >= 4 is 8.32 Å². The third-order valence-corrected chi connectivity index (χ3v) is 15.4. The van der Waals surface area contributed by atoms with Gasteiger partial charge in [-0.15, -0.1) is 0 Å². The highest BCUT2D eigenvalue weighted by atomic mass is 28.4. The molecule has 0 radical (unpaired) electrons. The van der Waals surface area contributed by atoms with Gasteiger partial charge in [-0.3, -0.25) is 0 Å². The van der Waals surface area contributed by atoms with Crippen molar-refractivity contribution < 1.29 is 4.43 Å². The van der Waals surface area contributed by atoms with E-state index in [-0.39, 0.29) is 5.04 Å². The molecule has 3 fully saturated rings. The van der Waals surface area contributed by atoms with Gasteiger partial charge in [0.05, 0.1) is 0 Å². The van der Waals surface area contributed by atoms with Crippen LogP contribution in [0.2, 0.25) is 18.1 Å². The highest BCUT2D eigenvalue weighted by molar-refractivity contribution is 6.74. The van der Waals surface area contributed by atoms with Crippen LogP contribution in [-0.4, -0.2) is 14.4 Å². The first-order chi connectivity index (χ1) is 16.7. The van der Waals surface area contributed by atoms with Crippen LogP contribution in [0.3, 0.4) is 0 Å². The van der Waals surface area contributed by atoms with Gasteiger partial charge in [0.2, 0.25) is 0 Å². The van der Waals surface area contributed by atoms with Gasteiger partial charge in [-0.25, -0.2) is 0 Å². The summed E-state index contributed by atoms with van der Waals surface area (Å²) in [6.45, 7) is 28.4. The Morgan fingerprint density at radius 2 is 1.69 bits per heavy atom. The number of fused-ring (bicyclic) bond motifs is 1. The Morgan fingerprint density at radius 1 is 1.00 bits per heavy atom. The summed E-state index contributed by atoms with van der Waals surface area (Å²) in [4.78, 5) is 0. The second kappa shape index (κ2) is 11.5. The summed E-state index contributed by atoms with van der Waals surface area (Å²) in [7, 11) is -1.74. The molecule has 0 aliphatic heterocycles. The van der Waals surface area contributed by atoms with Gasteiger partial charge in [0.25, 0.3) is 0 Å². The lowest BCUT2D eigenvalue weighted by atomic mass is 9.61. The summed E-state index contributed by atoms with van der Waals surface area (Å²) in [5, 5.41) is 0.262. The zero-order valence-corrected chi connectivity index (χ0v) is 26.5. The first-order valence-electron chi connectivity index (χ1n) is 15.1. The molecule has 0 heterocycles. The monoisotopic (exact) mass is 510 g/mol. The van der Waals surface area contributed by atoms with Crippen LogP contribution < -0.4 is 0 Å². The van der Waals surface area contributed by atoms with Crippen molar-refractivity contribution in [2.75, 3.05) is 0 Å². The van der Waals surface area contributed by atoms with Crippen LogP contribution in [0.4, 0.5) is 0 Å². The summed E-state index contributed by atoms with van der Waals surface area (Å²) in [6, 6.07) is 0. The van der Waals surface area contributed by atoms with Crippen LogP contribution >= 0.6 is 0 Å². The van der Waals surface area contributed by atoms with E-state index < -0.39 is 8.32 Å². The predicted octanol–water partition coefficient (Wildman–Crippen LogP) is 10.7. The highest BCUT2D eigenvalue weighted by Crippen LogP contribution is 2.59. The molecule has 3 aliphatic carbocycles.